The van der Waals surface area contributed by atoms with E-state index in [9.17, 15) is 4.39 Å². The molecule has 0 aromatic heterocycles. The Morgan fingerprint density at radius 3 is 2.88 bits per heavy atom. The highest BCUT2D eigenvalue weighted by molar-refractivity contribution is 5.17. The molecular formula is C13H16FNO. The summed E-state index contributed by atoms with van der Waals surface area (Å²) in [5.74, 6) is -0.126. The van der Waals surface area contributed by atoms with Crippen LogP contribution in [-0.4, -0.2) is 18.2 Å². The standard InChI is InChI=1S/C13H16FNO/c14-11-4-2-1-3-9(11)8-15-12-7-10-5-6-13(12)16-10/h1-4,10,12-13,15H,5-8H2. The number of benzene rings is 1. The van der Waals surface area contributed by atoms with Gasteiger partial charge in [-0.2, -0.15) is 0 Å². The van der Waals surface area contributed by atoms with E-state index in [2.05, 4.69) is 5.32 Å². The van der Waals surface area contributed by atoms with Crippen molar-refractivity contribution < 1.29 is 9.13 Å². The van der Waals surface area contributed by atoms with Crippen LogP contribution in [-0.2, 0) is 11.3 Å². The van der Waals surface area contributed by atoms with Gasteiger partial charge in [0, 0.05) is 18.2 Å². The first-order chi connectivity index (χ1) is 7.83. The fourth-order valence-corrected chi connectivity index (χ4v) is 2.74. The van der Waals surface area contributed by atoms with Crippen molar-refractivity contribution in [1.82, 2.24) is 5.32 Å². The predicted octanol–water partition coefficient (Wildman–Crippen LogP) is 2.24. The first-order valence-electron chi connectivity index (χ1n) is 5.95. The van der Waals surface area contributed by atoms with Crippen LogP contribution in [0.4, 0.5) is 4.39 Å². The van der Waals surface area contributed by atoms with Gasteiger partial charge in [-0.25, -0.2) is 4.39 Å². The zero-order chi connectivity index (χ0) is 11.0. The summed E-state index contributed by atoms with van der Waals surface area (Å²) in [6.45, 7) is 0.601. The van der Waals surface area contributed by atoms with Crippen LogP contribution in [0.2, 0.25) is 0 Å². The van der Waals surface area contributed by atoms with Crippen molar-refractivity contribution in [3.63, 3.8) is 0 Å². The number of halogens is 1. The Labute approximate surface area is 94.8 Å². The Morgan fingerprint density at radius 1 is 1.31 bits per heavy atom. The monoisotopic (exact) mass is 221 g/mol. The maximum absolute atomic E-state index is 13.4. The van der Waals surface area contributed by atoms with Gasteiger partial charge in [0.2, 0.25) is 0 Å². The van der Waals surface area contributed by atoms with Gasteiger partial charge in [0.05, 0.1) is 12.2 Å². The summed E-state index contributed by atoms with van der Waals surface area (Å²) in [4.78, 5) is 0. The minimum Gasteiger partial charge on any atom is -0.373 e. The molecule has 2 fully saturated rings. The number of hydrogen-bond donors (Lipinski definition) is 1. The van der Waals surface area contributed by atoms with Crippen LogP contribution in [0, 0.1) is 5.82 Å². The topological polar surface area (TPSA) is 21.3 Å². The third-order valence-electron chi connectivity index (χ3n) is 3.62. The smallest absolute Gasteiger partial charge is 0.127 e. The number of ether oxygens (including phenoxy) is 1. The second kappa shape index (κ2) is 4.15. The fraction of sp³-hybridized carbons (Fsp3) is 0.538. The molecule has 2 aliphatic rings. The van der Waals surface area contributed by atoms with E-state index in [4.69, 9.17) is 4.74 Å². The Kier molecular flexibility index (Phi) is 2.65. The molecule has 0 radical (unpaired) electrons. The second-order valence-corrected chi connectivity index (χ2v) is 4.69. The van der Waals surface area contributed by atoms with Crippen molar-refractivity contribution >= 4 is 0 Å². The maximum Gasteiger partial charge on any atom is 0.127 e. The third kappa shape index (κ3) is 1.85. The van der Waals surface area contributed by atoms with Crippen LogP contribution in [0.25, 0.3) is 0 Å². The van der Waals surface area contributed by atoms with Crippen LogP contribution in [0.5, 0.6) is 0 Å². The molecule has 1 aromatic rings. The molecule has 1 aromatic carbocycles. The van der Waals surface area contributed by atoms with E-state index in [-0.39, 0.29) is 5.82 Å². The first kappa shape index (κ1) is 10.2. The lowest BCUT2D eigenvalue weighted by Gasteiger charge is -2.20. The van der Waals surface area contributed by atoms with E-state index >= 15 is 0 Å². The normalized spacial score (nSPS) is 32.2. The molecule has 2 bridgehead atoms. The molecule has 2 nitrogen and oxygen atoms in total. The summed E-state index contributed by atoms with van der Waals surface area (Å²) in [7, 11) is 0. The molecule has 0 aliphatic carbocycles. The largest absolute Gasteiger partial charge is 0.373 e. The molecule has 86 valence electrons. The van der Waals surface area contributed by atoms with Crippen LogP contribution in [0.15, 0.2) is 24.3 Å². The molecule has 3 rings (SSSR count). The molecule has 2 saturated heterocycles. The molecule has 0 spiro atoms. The highest BCUT2D eigenvalue weighted by atomic mass is 19.1. The highest BCUT2D eigenvalue weighted by Gasteiger charge is 2.40. The number of hydrogen-bond acceptors (Lipinski definition) is 2. The van der Waals surface area contributed by atoms with Crippen molar-refractivity contribution in [2.75, 3.05) is 0 Å². The van der Waals surface area contributed by atoms with Crippen LogP contribution < -0.4 is 5.32 Å². The summed E-state index contributed by atoms with van der Waals surface area (Å²) in [6.07, 6.45) is 4.24. The molecule has 3 unspecified atom stereocenters. The van der Waals surface area contributed by atoms with Gasteiger partial charge in [-0.15, -0.1) is 0 Å². The first-order valence-corrected chi connectivity index (χ1v) is 5.95. The summed E-state index contributed by atoms with van der Waals surface area (Å²) in [5.41, 5.74) is 0.741. The molecule has 3 atom stereocenters. The lowest BCUT2D eigenvalue weighted by molar-refractivity contribution is 0.0972. The quantitative estimate of drug-likeness (QED) is 0.845. The van der Waals surface area contributed by atoms with Crippen molar-refractivity contribution in [3.8, 4) is 0 Å². The number of fused-ring (bicyclic) bond motifs is 2. The van der Waals surface area contributed by atoms with Crippen molar-refractivity contribution in [3.05, 3.63) is 35.6 Å². The molecule has 0 saturated carbocycles. The second-order valence-electron chi connectivity index (χ2n) is 4.69. The Balaban J connectivity index is 1.59. The zero-order valence-corrected chi connectivity index (χ0v) is 9.16. The minimum atomic E-state index is -0.126. The van der Waals surface area contributed by atoms with E-state index in [1.807, 2.05) is 12.1 Å². The highest BCUT2D eigenvalue weighted by Crippen LogP contribution is 2.34. The minimum absolute atomic E-state index is 0.126. The van der Waals surface area contributed by atoms with E-state index in [1.54, 1.807) is 6.07 Å². The molecule has 1 N–H and O–H groups in total. The van der Waals surface area contributed by atoms with Crippen molar-refractivity contribution in [2.24, 2.45) is 0 Å². The Morgan fingerprint density at radius 2 is 2.19 bits per heavy atom. The molecule has 2 aliphatic heterocycles. The van der Waals surface area contributed by atoms with E-state index < -0.39 is 0 Å². The van der Waals surface area contributed by atoms with Gasteiger partial charge >= 0.3 is 0 Å². The van der Waals surface area contributed by atoms with Gasteiger partial charge in [0.15, 0.2) is 0 Å². The van der Waals surface area contributed by atoms with Gasteiger partial charge in [-0.3, -0.25) is 0 Å². The van der Waals surface area contributed by atoms with Crippen LogP contribution in [0.1, 0.15) is 24.8 Å². The van der Waals surface area contributed by atoms with Gasteiger partial charge in [-0.1, -0.05) is 18.2 Å². The summed E-state index contributed by atoms with van der Waals surface area (Å²) >= 11 is 0. The SMILES string of the molecule is Fc1ccccc1CNC1CC2CCC1O2. The molecule has 0 amide bonds. The van der Waals surface area contributed by atoms with E-state index in [0.29, 0.717) is 24.8 Å². The van der Waals surface area contributed by atoms with E-state index in [0.717, 1.165) is 18.4 Å². The Bertz CT molecular complexity index is 382. The Hall–Kier alpha value is -0.930. The van der Waals surface area contributed by atoms with Gasteiger partial charge in [-0.05, 0) is 25.3 Å². The van der Waals surface area contributed by atoms with Crippen LogP contribution in [0.3, 0.4) is 0 Å². The molecule has 3 heteroatoms. The third-order valence-corrected chi connectivity index (χ3v) is 3.62. The zero-order valence-electron chi connectivity index (χ0n) is 9.16. The molecule has 2 heterocycles. The molecule has 16 heavy (non-hydrogen) atoms. The molecular weight excluding hydrogens is 205 g/mol. The number of nitrogens with one attached hydrogen (secondary N) is 1. The lowest BCUT2D eigenvalue weighted by atomic mass is 9.95. The summed E-state index contributed by atoms with van der Waals surface area (Å²) in [6, 6.07) is 7.35. The van der Waals surface area contributed by atoms with Gasteiger partial charge < -0.3 is 10.1 Å². The maximum atomic E-state index is 13.4. The number of rotatable bonds is 3. The fourth-order valence-electron chi connectivity index (χ4n) is 2.74. The predicted molar refractivity (Wildman–Crippen MR) is 59.5 cm³/mol. The summed E-state index contributed by atoms with van der Waals surface area (Å²) in [5, 5.41) is 3.41. The van der Waals surface area contributed by atoms with E-state index in [1.165, 1.54) is 12.5 Å². The lowest BCUT2D eigenvalue weighted by Crippen LogP contribution is -2.37. The van der Waals surface area contributed by atoms with Crippen LogP contribution >= 0.6 is 0 Å². The summed E-state index contributed by atoms with van der Waals surface area (Å²) < 4.78 is 19.1. The van der Waals surface area contributed by atoms with Gasteiger partial charge in [0.1, 0.15) is 5.82 Å². The average Bonchev–Trinajstić information content (AvgIpc) is 2.90. The van der Waals surface area contributed by atoms with Crippen molar-refractivity contribution in [2.45, 2.75) is 44.1 Å². The van der Waals surface area contributed by atoms with Crippen molar-refractivity contribution in [1.29, 1.82) is 0 Å². The van der Waals surface area contributed by atoms with Gasteiger partial charge in [0.25, 0.3) is 0 Å². The average molecular weight is 221 g/mol.